The van der Waals surface area contributed by atoms with Crippen molar-refractivity contribution in [1.82, 2.24) is 0 Å². The molecule has 0 N–H and O–H groups in total. The molecule has 1 aromatic rings. The van der Waals surface area contributed by atoms with Crippen LogP contribution in [0.5, 0.6) is 5.75 Å². The SMILES string of the molecule is COc1cc(C(F)(F)F)cc(Br)c1I. The van der Waals surface area contributed by atoms with Crippen LogP contribution >= 0.6 is 38.5 Å². The molecular formula is C8H5BrF3IO. The average molecular weight is 381 g/mol. The van der Waals surface area contributed by atoms with Gasteiger partial charge in [0.05, 0.1) is 16.2 Å². The summed E-state index contributed by atoms with van der Waals surface area (Å²) in [7, 11) is 1.34. The van der Waals surface area contributed by atoms with Crippen LogP contribution in [0, 0.1) is 3.57 Å². The zero-order chi connectivity index (χ0) is 10.9. The molecule has 0 saturated heterocycles. The lowest BCUT2D eigenvalue weighted by molar-refractivity contribution is -0.137. The third kappa shape index (κ3) is 2.53. The molecule has 1 nitrogen and oxygen atoms in total. The van der Waals surface area contributed by atoms with Crippen LogP contribution in [0.2, 0.25) is 0 Å². The fraction of sp³-hybridized carbons (Fsp3) is 0.250. The summed E-state index contributed by atoms with van der Waals surface area (Å²) in [6.07, 6.45) is -4.35. The summed E-state index contributed by atoms with van der Waals surface area (Å²) in [5, 5.41) is 0. The van der Waals surface area contributed by atoms with Crippen molar-refractivity contribution in [3.63, 3.8) is 0 Å². The van der Waals surface area contributed by atoms with Crippen LogP contribution in [0.25, 0.3) is 0 Å². The first kappa shape index (κ1) is 12.1. The summed E-state index contributed by atoms with van der Waals surface area (Å²) in [6.45, 7) is 0. The molecule has 0 unspecified atom stereocenters. The highest BCUT2D eigenvalue weighted by Gasteiger charge is 2.32. The average Bonchev–Trinajstić information content (AvgIpc) is 2.07. The molecule has 0 bridgehead atoms. The fourth-order valence-corrected chi connectivity index (χ4v) is 1.85. The molecule has 0 fully saturated rings. The molecule has 0 heterocycles. The Morgan fingerprint density at radius 2 is 1.93 bits per heavy atom. The Bertz CT molecular complexity index is 351. The summed E-state index contributed by atoms with van der Waals surface area (Å²) < 4.78 is 42.8. The molecule has 78 valence electrons. The zero-order valence-electron chi connectivity index (χ0n) is 6.95. The van der Waals surface area contributed by atoms with Gasteiger partial charge >= 0.3 is 6.18 Å². The minimum atomic E-state index is -4.35. The number of rotatable bonds is 1. The van der Waals surface area contributed by atoms with Crippen molar-refractivity contribution in [3.8, 4) is 5.75 Å². The number of hydrogen-bond donors (Lipinski definition) is 0. The van der Waals surface area contributed by atoms with Crippen molar-refractivity contribution in [2.24, 2.45) is 0 Å². The van der Waals surface area contributed by atoms with Gasteiger partial charge < -0.3 is 4.74 Å². The molecular weight excluding hydrogens is 376 g/mol. The summed E-state index contributed by atoms with van der Waals surface area (Å²) in [5.41, 5.74) is -0.721. The highest BCUT2D eigenvalue weighted by molar-refractivity contribution is 14.1. The van der Waals surface area contributed by atoms with Gasteiger partial charge in [0.1, 0.15) is 5.75 Å². The van der Waals surface area contributed by atoms with E-state index in [0.29, 0.717) is 8.04 Å². The highest BCUT2D eigenvalue weighted by Crippen LogP contribution is 2.37. The van der Waals surface area contributed by atoms with E-state index in [9.17, 15) is 13.2 Å². The Kier molecular flexibility index (Phi) is 3.68. The zero-order valence-corrected chi connectivity index (χ0v) is 10.7. The first-order chi connectivity index (χ1) is 6.36. The second-order valence-electron chi connectivity index (χ2n) is 2.47. The molecule has 0 aromatic heterocycles. The van der Waals surface area contributed by atoms with Crippen LogP contribution in [0.1, 0.15) is 5.56 Å². The van der Waals surface area contributed by atoms with Crippen LogP contribution in [-0.2, 0) is 6.18 Å². The van der Waals surface area contributed by atoms with E-state index < -0.39 is 11.7 Å². The number of benzene rings is 1. The van der Waals surface area contributed by atoms with Crippen LogP contribution in [0.3, 0.4) is 0 Å². The second kappa shape index (κ2) is 4.26. The Morgan fingerprint density at radius 3 is 2.36 bits per heavy atom. The number of methoxy groups -OCH3 is 1. The predicted molar refractivity (Wildman–Crippen MR) is 58.4 cm³/mol. The van der Waals surface area contributed by atoms with Crippen LogP contribution in [-0.4, -0.2) is 7.11 Å². The summed E-state index contributed by atoms with van der Waals surface area (Å²) in [5.74, 6) is 0.215. The second-order valence-corrected chi connectivity index (χ2v) is 4.41. The standard InChI is InChI=1S/C8H5BrF3IO/c1-14-6-3-4(8(10,11)12)2-5(9)7(6)13/h2-3H,1H3. The molecule has 6 heteroatoms. The number of halogens is 5. The van der Waals surface area contributed by atoms with Crippen LogP contribution in [0.15, 0.2) is 16.6 Å². The lowest BCUT2D eigenvalue weighted by Gasteiger charge is -2.11. The van der Waals surface area contributed by atoms with E-state index >= 15 is 0 Å². The number of ether oxygens (including phenoxy) is 1. The van der Waals surface area contributed by atoms with E-state index in [-0.39, 0.29) is 5.75 Å². The van der Waals surface area contributed by atoms with E-state index in [1.807, 2.05) is 22.6 Å². The normalized spacial score (nSPS) is 11.6. The van der Waals surface area contributed by atoms with Gasteiger partial charge in [-0.25, -0.2) is 0 Å². The number of hydrogen-bond acceptors (Lipinski definition) is 1. The third-order valence-electron chi connectivity index (χ3n) is 1.54. The largest absolute Gasteiger partial charge is 0.496 e. The predicted octanol–water partition coefficient (Wildman–Crippen LogP) is 4.08. The molecule has 0 aliphatic heterocycles. The highest BCUT2D eigenvalue weighted by atomic mass is 127. The molecule has 0 radical (unpaired) electrons. The molecule has 0 saturated carbocycles. The smallest absolute Gasteiger partial charge is 0.416 e. The molecule has 0 amide bonds. The van der Waals surface area contributed by atoms with Crippen LogP contribution < -0.4 is 4.74 Å². The van der Waals surface area contributed by atoms with Gasteiger partial charge in [0.2, 0.25) is 0 Å². The maximum absolute atomic E-state index is 12.3. The van der Waals surface area contributed by atoms with E-state index in [0.717, 1.165) is 12.1 Å². The minimum absolute atomic E-state index is 0.215. The van der Waals surface area contributed by atoms with Gasteiger partial charge in [-0.05, 0) is 50.7 Å². The van der Waals surface area contributed by atoms with Gasteiger partial charge in [0, 0.05) is 4.47 Å². The van der Waals surface area contributed by atoms with Gasteiger partial charge in [-0.15, -0.1) is 0 Å². The van der Waals surface area contributed by atoms with Crippen molar-refractivity contribution in [2.45, 2.75) is 6.18 Å². The quantitative estimate of drug-likeness (QED) is 0.667. The molecule has 0 atom stereocenters. The molecule has 0 aliphatic rings. The third-order valence-corrected chi connectivity index (χ3v) is 4.02. The van der Waals surface area contributed by atoms with Gasteiger partial charge in [0.15, 0.2) is 0 Å². The maximum atomic E-state index is 12.3. The lowest BCUT2D eigenvalue weighted by Crippen LogP contribution is -2.06. The van der Waals surface area contributed by atoms with Crippen molar-refractivity contribution in [1.29, 1.82) is 0 Å². The molecule has 1 rings (SSSR count). The molecule has 14 heavy (non-hydrogen) atoms. The first-order valence-corrected chi connectivity index (χ1v) is 5.33. The van der Waals surface area contributed by atoms with Gasteiger partial charge in [-0.2, -0.15) is 13.2 Å². The fourth-order valence-electron chi connectivity index (χ4n) is 0.876. The monoisotopic (exact) mass is 380 g/mol. The van der Waals surface area contributed by atoms with E-state index in [2.05, 4.69) is 15.9 Å². The topological polar surface area (TPSA) is 9.23 Å². The molecule has 0 spiro atoms. The Balaban J connectivity index is 3.30. The lowest BCUT2D eigenvalue weighted by atomic mass is 10.2. The summed E-state index contributed by atoms with van der Waals surface area (Å²) in [6, 6.07) is 2.01. The van der Waals surface area contributed by atoms with Gasteiger partial charge in [-0.3, -0.25) is 0 Å². The Labute approximate surface area is 101 Å². The number of alkyl halides is 3. The van der Waals surface area contributed by atoms with Crippen molar-refractivity contribution < 1.29 is 17.9 Å². The van der Waals surface area contributed by atoms with Crippen molar-refractivity contribution in [3.05, 3.63) is 25.7 Å². The first-order valence-electron chi connectivity index (χ1n) is 3.46. The minimum Gasteiger partial charge on any atom is -0.496 e. The summed E-state index contributed by atoms with van der Waals surface area (Å²) in [4.78, 5) is 0. The van der Waals surface area contributed by atoms with Crippen molar-refractivity contribution >= 4 is 38.5 Å². The van der Waals surface area contributed by atoms with Crippen LogP contribution in [0.4, 0.5) is 13.2 Å². The van der Waals surface area contributed by atoms with Crippen molar-refractivity contribution in [2.75, 3.05) is 7.11 Å². The Hall–Kier alpha value is 0.0200. The maximum Gasteiger partial charge on any atom is 0.416 e. The van der Waals surface area contributed by atoms with E-state index in [4.69, 9.17) is 4.74 Å². The molecule has 0 aliphatic carbocycles. The van der Waals surface area contributed by atoms with E-state index in [1.165, 1.54) is 7.11 Å². The molecule has 1 aromatic carbocycles. The van der Waals surface area contributed by atoms with E-state index in [1.54, 1.807) is 0 Å². The van der Waals surface area contributed by atoms with Gasteiger partial charge in [-0.1, -0.05) is 0 Å². The van der Waals surface area contributed by atoms with Gasteiger partial charge in [0.25, 0.3) is 0 Å². The summed E-state index contributed by atoms with van der Waals surface area (Å²) >= 11 is 4.95. The Morgan fingerprint density at radius 1 is 1.36 bits per heavy atom.